The van der Waals surface area contributed by atoms with Crippen LogP contribution in [0, 0.1) is 0 Å². The second-order valence-corrected chi connectivity index (χ2v) is 3.24. The summed E-state index contributed by atoms with van der Waals surface area (Å²) in [7, 11) is 0. The van der Waals surface area contributed by atoms with Crippen molar-refractivity contribution in [2.24, 2.45) is 0 Å². The van der Waals surface area contributed by atoms with Gasteiger partial charge in [0.05, 0.1) is 0 Å². The first-order valence-electron chi connectivity index (χ1n) is 4.47. The number of anilines is 2. The molecule has 0 aliphatic rings. The summed E-state index contributed by atoms with van der Waals surface area (Å²) in [6.07, 6.45) is 0. The van der Waals surface area contributed by atoms with Gasteiger partial charge in [-0.15, -0.1) is 0 Å². The third kappa shape index (κ3) is 2.79. The van der Waals surface area contributed by atoms with E-state index in [-0.39, 0.29) is 20.3 Å². The molecule has 3 heteroatoms. The number of nitrogen functional groups attached to an aromatic ring is 2. The molecule has 0 bridgehead atoms. The van der Waals surface area contributed by atoms with Crippen LogP contribution >= 0.6 is 0 Å². The summed E-state index contributed by atoms with van der Waals surface area (Å²) in [5.41, 5.74) is 15.1. The fourth-order valence-corrected chi connectivity index (χ4v) is 1.35. The van der Waals surface area contributed by atoms with Crippen molar-refractivity contribution in [1.82, 2.24) is 0 Å². The van der Waals surface area contributed by atoms with E-state index in [9.17, 15) is 0 Å². The van der Waals surface area contributed by atoms with E-state index in [2.05, 4.69) is 0 Å². The molecule has 0 aliphatic carbocycles. The molecular formula is C12H13LiN2. The minimum Gasteiger partial charge on any atom is -1.00 e. The monoisotopic (exact) mass is 192 g/mol. The van der Waals surface area contributed by atoms with Crippen LogP contribution in [0.25, 0.3) is 11.1 Å². The Morgan fingerprint density at radius 1 is 0.600 bits per heavy atom. The molecular weight excluding hydrogens is 179 g/mol. The first-order valence-corrected chi connectivity index (χ1v) is 4.47. The van der Waals surface area contributed by atoms with Crippen LogP contribution in [0.1, 0.15) is 1.43 Å². The molecule has 0 radical (unpaired) electrons. The molecule has 0 saturated carbocycles. The summed E-state index contributed by atoms with van der Waals surface area (Å²) in [5.74, 6) is 0. The number of benzene rings is 2. The van der Waals surface area contributed by atoms with Gasteiger partial charge in [-0.2, -0.15) is 0 Å². The van der Waals surface area contributed by atoms with Crippen LogP contribution in [0.5, 0.6) is 0 Å². The van der Waals surface area contributed by atoms with Crippen molar-refractivity contribution in [3.63, 3.8) is 0 Å². The Morgan fingerprint density at radius 3 is 1.13 bits per heavy atom. The van der Waals surface area contributed by atoms with Gasteiger partial charge in [0.1, 0.15) is 0 Å². The average Bonchev–Trinajstić information content (AvgIpc) is 2.21. The van der Waals surface area contributed by atoms with E-state index in [4.69, 9.17) is 11.5 Å². The third-order valence-electron chi connectivity index (χ3n) is 2.15. The molecule has 0 aliphatic heterocycles. The van der Waals surface area contributed by atoms with Crippen LogP contribution in [0.4, 0.5) is 11.4 Å². The van der Waals surface area contributed by atoms with Gasteiger partial charge < -0.3 is 12.9 Å². The van der Waals surface area contributed by atoms with Gasteiger partial charge in [0.15, 0.2) is 0 Å². The molecule has 2 aromatic carbocycles. The summed E-state index contributed by atoms with van der Waals surface area (Å²) >= 11 is 0. The van der Waals surface area contributed by atoms with E-state index in [1.165, 1.54) is 0 Å². The van der Waals surface area contributed by atoms with E-state index >= 15 is 0 Å². The van der Waals surface area contributed by atoms with E-state index < -0.39 is 0 Å². The molecule has 0 aromatic heterocycles. The summed E-state index contributed by atoms with van der Waals surface area (Å²) in [5, 5.41) is 0. The Bertz CT molecular complexity index is 382. The number of nitrogens with two attached hydrogens (primary N) is 2. The zero-order valence-corrected chi connectivity index (χ0v) is 8.77. The van der Waals surface area contributed by atoms with Crippen molar-refractivity contribution in [2.45, 2.75) is 0 Å². The van der Waals surface area contributed by atoms with Crippen molar-refractivity contribution in [3.05, 3.63) is 48.5 Å². The number of rotatable bonds is 1. The van der Waals surface area contributed by atoms with Gasteiger partial charge in [-0.25, -0.2) is 0 Å². The quantitative estimate of drug-likeness (QED) is 0.478. The molecule has 0 amide bonds. The van der Waals surface area contributed by atoms with E-state index in [0.717, 1.165) is 22.5 Å². The van der Waals surface area contributed by atoms with E-state index in [0.29, 0.717) is 0 Å². The second-order valence-electron chi connectivity index (χ2n) is 3.24. The minimum atomic E-state index is 0. The summed E-state index contributed by atoms with van der Waals surface area (Å²) in [6.45, 7) is 0. The third-order valence-corrected chi connectivity index (χ3v) is 2.15. The van der Waals surface area contributed by atoms with Crippen LogP contribution in [-0.2, 0) is 0 Å². The molecule has 0 unspecified atom stereocenters. The fourth-order valence-electron chi connectivity index (χ4n) is 1.35. The van der Waals surface area contributed by atoms with Gasteiger partial charge in [-0.1, -0.05) is 24.3 Å². The zero-order chi connectivity index (χ0) is 9.97. The Kier molecular flexibility index (Phi) is 3.85. The predicted octanol–water partition coefficient (Wildman–Crippen LogP) is -0.365. The van der Waals surface area contributed by atoms with Crippen molar-refractivity contribution in [2.75, 3.05) is 11.5 Å². The summed E-state index contributed by atoms with van der Waals surface area (Å²) in [4.78, 5) is 0. The normalized spacial score (nSPS) is 9.33. The molecule has 0 saturated heterocycles. The second kappa shape index (κ2) is 4.93. The average molecular weight is 192 g/mol. The fraction of sp³-hybridized carbons (Fsp3) is 0. The van der Waals surface area contributed by atoms with Gasteiger partial charge >= 0.3 is 18.9 Å². The molecule has 4 N–H and O–H groups in total. The van der Waals surface area contributed by atoms with Crippen LogP contribution < -0.4 is 30.3 Å². The zero-order valence-electron chi connectivity index (χ0n) is 9.77. The first kappa shape index (κ1) is 11.7. The van der Waals surface area contributed by atoms with Crippen LogP contribution in [0.15, 0.2) is 48.5 Å². The van der Waals surface area contributed by atoms with E-state index in [1.807, 2.05) is 48.5 Å². The first-order chi connectivity index (χ1) is 6.75. The molecule has 2 aromatic rings. The molecule has 0 fully saturated rings. The van der Waals surface area contributed by atoms with Gasteiger partial charge in [0.2, 0.25) is 0 Å². The Morgan fingerprint density at radius 2 is 0.867 bits per heavy atom. The van der Waals surface area contributed by atoms with Crippen molar-refractivity contribution in [1.29, 1.82) is 0 Å². The summed E-state index contributed by atoms with van der Waals surface area (Å²) in [6, 6.07) is 15.6. The molecule has 2 rings (SSSR count). The molecule has 2 nitrogen and oxygen atoms in total. The van der Waals surface area contributed by atoms with Crippen molar-refractivity contribution in [3.8, 4) is 11.1 Å². The summed E-state index contributed by atoms with van der Waals surface area (Å²) < 4.78 is 0. The standard InChI is InChI=1S/C12H12N2.Li.H/c13-11-5-1-9(2-6-11)10-3-7-12(14)8-4-10;;/h1-8H,13-14H2;;/q;+1;-1. The number of hydrogen-bond acceptors (Lipinski definition) is 2. The van der Waals surface area contributed by atoms with Crippen molar-refractivity contribution < 1.29 is 20.3 Å². The molecule has 15 heavy (non-hydrogen) atoms. The smallest absolute Gasteiger partial charge is 1.00 e. The predicted molar refractivity (Wildman–Crippen MR) is 61.8 cm³/mol. The Hall–Kier alpha value is -1.36. The van der Waals surface area contributed by atoms with Gasteiger partial charge in [-0.3, -0.25) is 0 Å². The maximum atomic E-state index is 5.61. The maximum absolute atomic E-state index is 5.61. The molecule has 0 heterocycles. The molecule has 0 spiro atoms. The number of hydrogen-bond donors (Lipinski definition) is 2. The van der Waals surface area contributed by atoms with Crippen molar-refractivity contribution >= 4 is 11.4 Å². The van der Waals surface area contributed by atoms with Crippen LogP contribution in [0.3, 0.4) is 0 Å². The van der Waals surface area contributed by atoms with Crippen LogP contribution in [-0.4, -0.2) is 0 Å². The molecule has 72 valence electrons. The van der Waals surface area contributed by atoms with E-state index in [1.54, 1.807) is 0 Å². The van der Waals surface area contributed by atoms with Gasteiger partial charge in [0.25, 0.3) is 0 Å². The van der Waals surface area contributed by atoms with Gasteiger partial charge in [-0.05, 0) is 35.4 Å². The van der Waals surface area contributed by atoms with Gasteiger partial charge in [0, 0.05) is 11.4 Å². The maximum Gasteiger partial charge on any atom is 1.00 e. The Balaban J connectivity index is 0.00000112. The Labute approximate surface area is 103 Å². The topological polar surface area (TPSA) is 52.0 Å². The largest absolute Gasteiger partial charge is 1.00 e. The SMILES string of the molecule is Nc1ccc(-c2ccc(N)cc2)cc1.[H-].[Li+]. The van der Waals surface area contributed by atoms with Crippen LogP contribution in [0.2, 0.25) is 0 Å². The minimum absolute atomic E-state index is 0. The molecule has 0 atom stereocenters.